The number of hydrogen-bond donors (Lipinski definition) is 7. The minimum absolute atomic E-state index is 0.124. The molecule has 0 radical (unpaired) electrons. The summed E-state index contributed by atoms with van der Waals surface area (Å²) >= 11 is 0. The van der Waals surface area contributed by atoms with Crippen LogP contribution in [0.3, 0.4) is 0 Å². The van der Waals surface area contributed by atoms with E-state index >= 15 is 0 Å². The molecule has 8 heterocycles. The second-order valence-corrected chi connectivity index (χ2v) is 18.1. The van der Waals surface area contributed by atoms with Crippen LogP contribution in [0.5, 0.6) is 0 Å². The van der Waals surface area contributed by atoms with Crippen LogP contribution in [0.4, 0.5) is 0 Å². The number of rotatable bonds is 2. The molecule has 0 bridgehead atoms. The number of hydrogen-bond acceptors (Lipinski definition) is 11. The molecule has 0 spiro atoms. The standard InChI is InChI=1S/C26H19N3O6.C25H17N3O6/c1-35-25(33)26(34)11-29-15-9-5-3-7-13(15)18-20-19(23(31)27-24(20)32)17-12-6-2-4-8-14(12)28(10-16(26)30)21(17)22(18)29;29-15-9-27-13-7-3-1-5-11(13)16-18-19(23(31)26-22(18)30)17-12-6-2-4-8-14(12)28(21(17)20(16)27)10-25(15,34)24(32)33/h2-9,16,30,34H,10-11H2,1H3,(H,27,31,32);1-8,15,29,34H,9-10H2,(H,32,33)(H,26,30,31). The van der Waals surface area contributed by atoms with Gasteiger partial charge in [-0.05, 0) is 24.3 Å². The van der Waals surface area contributed by atoms with Gasteiger partial charge in [-0.2, -0.15) is 0 Å². The highest BCUT2D eigenvalue weighted by molar-refractivity contribution is 6.41. The molecule has 6 aromatic carbocycles. The molecule has 0 aliphatic carbocycles. The van der Waals surface area contributed by atoms with Gasteiger partial charge in [0.05, 0.1) is 77.6 Å². The van der Waals surface area contributed by atoms with Crippen LogP contribution in [0.2, 0.25) is 0 Å². The maximum absolute atomic E-state index is 13.1. The van der Waals surface area contributed by atoms with E-state index in [0.717, 1.165) is 12.5 Å². The number of carbonyl (C=O) groups is 6. The number of nitrogens with zero attached hydrogens (tertiary/aromatic N) is 4. The predicted molar refractivity (Wildman–Crippen MR) is 250 cm³/mol. The number of methoxy groups -OCH3 is 1. The molecule has 0 fully saturated rings. The lowest BCUT2D eigenvalue weighted by atomic mass is 9.94. The van der Waals surface area contributed by atoms with E-state index < -0.39 is 65.5 Å². The van der Waals surface area contributed by atoms with Crippen LogP contribution in [0.15, 0.2) is 97.1 Å². The number of aliphatic hydroxyl groups is 4. The van der Waals surface area contributed by atoms with Crippen molar-refractivity contribution < 1.29 is 59.0 Å². The van der Waals surface area contributed by atoms with E-state index in [1.165, 1.54) is 0 Å². The van der Waals surface area contributed by atoms with E-state index in [1.54, 1.807) is 44.0 Å². The largest absolute Gasteiger partial charge is 0.479 e. The zero-order valence-electron chi connectivity index (χ0n) is 36.1. The summed E-state index contributed by atoms with van der Waals surface area (Å²) in [5, 5.41) is 64.8. The first kappa shape index (κ1) is 40.8. The van der Waals surface area contributed by atoms with Crippen LogP contribution < -0.4 is 10.6 Å². The van der Waals surface area contributed by atoms with Crippen molar-refractivity contribution >= 4 is 123 Å². The summed E-state index contributed by atoms with van der Waals surface area (Å²) in [4.78, 5) is 77.4. The molecule has 342 valence electrons. The molecule has 4 aliphatic rings. The number of aliphatic carboxylic acids is 1. The fourth-order valence-electron chi connectivity index (χ4n) is 11.7. The summed E-state index contributed by atoms with van der Waals surface area (Å²) in [6, 6.07) is 29.1. The Morgan fingerprint density at radius 1 is 0.507 bits per heavy atom. The first-order chi connectivity index (χ1) is 33.2. The third-order valence-electron chi connectivity index (χ3n) is 14.7. The Labute approximate surface area is 385 Å². The number of aliphatic hydroxyl groups excluding tert-OH is 2. The zero-order chi connectivity index (χ0) is 47.7. The Bertz CT molecular complexity index is 4140. The number of carbonyl (C=O) groups excluding carboxylic acids is 5. The average Bonchev–Trinajstić information content (AvgIpc) is 4.16. The minimum Gasteiger partial charge on any atom is -0.479 e. The summed E-state index contributed by atoms with van der Waals surface area (Å²) in [7, 11) is 1.16. The number of amides is 4. The van der Waals surface area contributed by atoms with Crippen molar-refractivity contribution in [3.8, 4) is 0 Å². The lowest BCUT2D eigenvalue weighted by Crippen LogP contribution is -2.55. The number of benzene rings is 6. The van der Waals surface area contributed by atoms with Crippen LogP contribution >= 0.6 is 0 Å². The van der Waals surface area contributed by atoms with Crippen molar-refractivity contribution in [3.05, 3.63) is 119 Å². The van der Waals surface area contributed by atoms with E-state index in [4.69, 9.17) is 4.74 Å². The van der Waals surface area contributed by atoms with Gasteiger partial charge in [0.1, 0.15) is 12.2 Å². The van der Waals surface area contributed by atoms with Crippen LogP contribution in [-0.4, -0.2) is 110 Å². The van der Waals surface area contributed by atoms with Crippen molar-refractivity contribution in [2.24, 2.45) is 0 Å². The van der Waals surface area contributed by atoms with Crippen LogP contribution in [-0.2, 0) is 40.5 Å². The molecule has 0 saturated heterocycles. The molecular weight excluding hydrogens is 889 g/mol. The highest BCUT2D eigenvalue weighted by Gasteiger charge is 2.50. The van der Waals surface area contributed by atoms with Crippen molar-refractivity contribution in [1.29, 1.82) is 0 Å². The van der Waals surface area contributed by atoms with Crippen LogP contribution in [0.25, 0.3) is 87.2 Å². The second-order valence-electron chi connectivity index (χ2n) is 18.1. The molecule has 18 heteroatoms. The number of fused-ring (bicyclic) bond motifs is 18. The monoisotopic (exact) mass is 924 g/mol. The SMILES string of the molecule is COC(=O)C1(O)Cn2c3ccccc3c3c4c(c5c6ccccc6n(c5c32)CC1O)C(=O)NC4=O.O=C1NC(=O)c2c1c1c3ccccc3n3c1c1c2c2ccccc2n1CC(O)(C(=O)O)C(O)C3. The molecule has 0 saturated carbocycles. The molecule has 18 nitrogen and oxygen atoms in total. The molecule has 14 rings (SSSR count). The van der Waals surface area contributed by atoms with E-state index in [1.807, 2.05) is 71.3 Å². The number of esters is 1. The molecule has 4 atom stereocenters. The highest BCUT2D eigenvalue weighted by atomic mass is 16.5. The van der Waals surface area contributed by atoms with Gasteiger partial charge < -0.3 is 48.5 Å². The molecular formula is C51H36N6O12. The van der Waals surface area contributed by atoms with E-state index in [9.17, 15) is 54.3 Å². The molecule has 4 amide bonds. The van der Waals surface area contributed by atoms with Gasteiger partial charge >= 0.3 is 11.9 Å². The zero-order valence-corrected chi connectivity index (χ0v) is 36.1. The smallest absolute Gasteiger partial charge is 0.342 e. The van der Waals surface area contributed by atoms with E-state index in [0.29, 0.717) is 87.4 Å². The summed E-state index contributed by atoms with van der Waals surface area (Å²) in [6.45, 7) is -1.06. The van der Waals surface area contributed by atoms with Crippen molar-refractivity contribution in [1.82, 2.24) is 28.9 Å². The first-order valence-electron chi connectivity index (χ1n) is 22.0. The van der Waals surface area contributed by atoms with Crippen molar-refractivity contribution in [2.45, 2.75) is 49.6 Å². The van der Waals surface area contributed by atoms with Crippen molar-refractivity contribution in [3.63, 3.8) is 0 Å². The van der Waals surface area contributed by atoms with Gasteiger partial charge in [-0.3, -0.25) is 29.8 Å². The van der Waals surface area contributed by atoms with Gasteiger partial charge in [-0.1, -0.05) is 72.8 Å². The molecule has 7 N–H and O–H groups in total. The molecule has 4 aromatic heterocycles. The fraction of sp³-hybridized carbons (Fsp3) is 0.176. The Morgan fingerprint density at radius 2 is 0.797 bits per heavy atom. The quantitative estimate of drug-likeness (QED) is 0.0958. The number of carboxylic acids is 1. The molecule has 4 unspecified atom stereocenters. The van der Waals surface area contributed by atoms with Gasteiger partial charge in [0, 0.05) is 65.2 Å². The van der Waals surface area contributed by atoms with Gasteiger partial charge in [0.15, 0.2) is 0 Å². The van der Waals surface area contributed by atoms with Gasteiger partial charge in [0.25, 0.3) is 23.6 Å². The Morgan fingerprint density at radius 3 is 1.13 bits per heavy atom. The van der Waals surface area contributed by atoms with Crippen molar-refractivity contribution in [2.75, 3.05) is 7.11 Å². The van der Waals surface area contributed by atoms with E-state index in [-0.39, 0.29) is 36.3 Å². The topological polar surface area (TPSA) is 257 Å². The normalized spacial score (nSPS) is 21.8. The number of nitrogens with one attached hydrogen (secondary N) is 2. The Kier molecular flexibility index (Phi) is 8.05. The number of carboxylic acid groups (broad SMARTS) is 1. The van der Waals surface area contributed by atoms with Gasteiger partial charge in [0.2, 0.25) is 11.2 Å². The minimum atomic E-state index is -2.48. The number of para-hydroxylation sites is 4. The third-order valence-corrected chi connectivity index (χ3v) is 14.7. The molecule has 69 heavy (non-hydrogen) atoms. The van der Waals surface area contributed by atoms with Crippen LogP contribution in [0, 0.1) is 0 Å². The second kappa shape index (κ2) is 13.6. The predicted octanol–water partition coefficient (Wildman–Crippen LogP) is 4.04. The summed E-state index contributed by atoms with van der Waals surface area (Å²) in [5.41, 5.74) is 1.37. The summed E-state index contributed by atoms with van der Waals surface area (Å²) in [5.74, 6) is -4.47. The van der Waals surface area contributed by atoms with E-state index in [2.05, 4.69) is 10.6 Å². The lowest BCUT2D eigenvalue weighted by molar-refractivity contribution is -0.178. The highest BCUT2D eigenvalue weighted by Crippen LogP contribution is 2.48. The van der Waals surface area contributed by atoms with Gasteiger partial charge in [-0.15, -0.1) is 0 Å². The summed E-state index contributed by atoms with van der Waals surface area (Å²) in [6.07, 6.45) is -3.15. The maximum atomic E-state index is 13.1. The molecule has 4 aliphatic heterocycles. The van der Waals surface area contributed by atoms with Crippen LogP contribution in [0.1, 0.15) is 41.4 Å². The average molecular weight is 925 g/mol. The number of aromatic nitrogens is 4. The molecule has 10 aromatic rings. The summed E-state index contributed by atoms with van der Waals surface area (Å²) < 4.78 is 11.9. The lowest BCUT2D eigenvalue weighted by Gasteiger charge is -2.33. The Balaban J connectivity index is 0.000000136. The maximum Gasteiger partial charge on any atom is 0.342 e. The number of imide groups is 2. The number of ether oxygens (including phenoxy) is 1. The fourth-order valence-corrected chi connectivity index (χ4v) is 11.7. The Hall–Kier alpha value is -8.42. The van der Waals surface area contributed by atoms with Gasteiger partial charge in [-0.25, -0.2) is 9.59 Å². The third kappa shape index (κ3) is 4.96. The first-order valence-corrected chi connectivity index (χ1v) is 22.0.